The van der Waals surface area contributed by atoms with Gasteiger partial charge < -0.3 is 10.5 Å². The second kappa shape index (κ2) is 5.65. The molecule has 0 aliphatic carbocycles. The summed E-state index contributed by atoms with van der Waals surface area (Å²) < 4.78 is 5.14. The fourth-order valence-corrected chi connectivity index (χ4v) is 1.93. The zero-order valence-electron chi connectivity index (χ0n) is 12.0. The number of aromatic nitrogens is 1. The number of fused-ring (bicyclic) bond motifs is 1. The van der Waals surface area contributed by atoms with Gasteiger partial charge in [0, 0.05) is 5.39 Å². The SMILES string of the molecule is CC(C)(C)OC(=O)NNc1c(N)c(Cl)nc2ccccc12. The van der Waals surface area contributed by atoms with Gasteiger partial charge in [0.2, 0.25) is 0 Å². The Labute approximate surface area is 127 Å². The maximum absolute atomic E-state index is 11.7. The number of rotatable bonds is 2. The summed E-state index contributed by atoms with van der Waals surface area (Å²) in [5.74, 6) is 0. The van der Waals surface area contributed by atoms with Crippen molar-refractivity contribution in [1.29, 1.82) is 0 Å². The van der Waals surface area contributed by atoms with Crippen LogP contribution in [0.1, 0.15) is 20.8 Å². The molecule has 1 aromatic carbocycles. The summed E-state index contributed by atoms with van der Waals surface area (Å²) in [6.45, 7) is 5.33. The van der Waals surface area contributed by atoms with E-state index in [1.807, 2.05) is 18.2 Å². The number of benzene rings is 1. The van der Waals surface area contributed by atoms with Crippen molar-refractivity contribution in [2.75, 3.05) is 11.2 Å². The molecule has 1 amide bonds. The zero-order chi connectivity index (χ0) is 15.6. The lowest BCUT2D eigenvalue weighted by Gasteiger charge is -2.20. The van der Waals surface area contributed by atoms with Gasteiger partial charge in [-0.1, -0.05) is 29.8 Å². The number of hydrogen-bond donors (Lipinski definition) is 3. The molecule has 0 aliphatic rings. The molecule has 21 heavy (non-hydrogen) atoms. The number of carbonyl (C=O) groups excluding carboxylic acids is 1. The van der Waals surface area contributed by atoms with E-state index in [1.54, 1.807) is 26.8 Å². The Kier molecular flexibility index (Phi) is 4.09. The number of para-hydroxylation sites is 1. The Hall–Kier alpha value is -2.21. The zero-order valence-corrected chi connectivity index (χ0v) is 12.8. The first-order chi connectivity index (χ1) is 9.78. The van der Waals surface area contributed by atoms with Crippen LogP contribution in [0.15, 0.2) is 24.3 Å². The van der Waals surface area contributed by atoms with Gasteiger partial charge in [0.05, 0.1) is 16.9 Å². The van der Waals surface area contributed by atoms with Crippen LogP contribution in [0, 0.1) is 0 Å². The maximum atomic E-state index is 11.7. The highest BCUT2D eigenvalue weighted by molar-refractivity contribution is 6.33. The van der Waals surface area contributed by atoms with Crippen molar-refractivity contribution in [2.45, 2.75) is 26.4 Å². The molecule has 6 nitrogen and oxygen atoms in total. The van der Waals surface area contributed by atoms with Crippen molar-refractivity contribution in [3.8, 4) is 0 Å². The predicted molar refractivity (Wildman–Crippen MR) is 84.2 cm³/mol. The van der Waals surface area contributed by atoms with E-state index in [1.165, 1.54) is 0 Å². The molecule has 1 aromatic heterocycles. The van der Waals surface area contributed by atoms with E-state index in [4.69, 9.17) is 22.1 Å². The van der Waals surface area contributed by atoms with E-state index in [2.05, 4.69) is 15.8 Å². The van der Waals surface area contributed by atoms with E-state index >= 15 is 0 Å². The van der Waals surface area contributed by atoms with Crippen LogP contribution in [0.5, 0.6) is 0 Å². The number of nitrogens with zero attached hydrogens (tertiary/aromatic N) is 1. The monoisotopic (exact) mass is 308 g/mol. The molecule has 7 heteroatoms. The van der Waals surface area contributed by atoms with Gasteiger partial charge in [-0.25, -0.2) is 15.2 Å². The van der Waals surface area contributed by atoms with Crippen LogP contribution in [-0.4, -0.2) is 16.7 Å². The predicted octanol–water partition coefficient (Wildman–Crippen LogP) is 3.32. The molecule has 0 atom stereocenters. The summed E-state index contributed by atoms with van der Waals surface area (Å²) in [7, 11) is 0. The Bertz CT molecular complexity index is 682. The highest BCUT2D eigenvalue weighted by atomic mass is 35.5. The summed E-state index contributed by atoms with van der Waals surface area (Å²) in [6, 6.07) is 7.32. The van der Waals surface area contributed by atoms with E-state index in [0.29, 0.717) is 11.2 Å². The number of carbonyl (C=O) groups is 1. The van der Waals surface area contributed by atoms with Gasteiger partial charge >= 0.3 is 6.09 Å². The molecule has 0 radical (unpaired) electrons. The number of halogens is 1. The highest BCUT2D eigenvalue weighted by Gasteiger charge is 2.17. The van der Waals surface area contributed by atoms with Gasteiger partial charge in [-0.2, -0.15) is 0 Å². The van der Waals surface area contributed by atoms with Crippen molar-refractivity contribution in [1.82, 2.24) is 10.4 Å². The average Bonchev–Trinajstić information content (AvgIpc) is 2.37. The third-order valence-electron chi connectivity index (χ3n) is 2.57. The molecule has 112 valence electrons. The first-order valence-electron chi connectivity index (χ1n) is 6.36. The summed E-state index contributed by atoms with van der Waals surface area (Å²) in [6.07, 6.45) is -0.612. The number of nitrogen functional groups attached to an aromatic ring is 1. The third kappa shape index (κ3) is 3.66. The minimum Gasteiger partial charge on any atom is -0.443 e. The molecule has 0 aliphatic heterocycles. The van der Waals surface area contributed by atoms with E-state index < -0.39 is 11.7 Å². The highest BCUT2D eigenvalue weighted by Crippen LogP contribution is 2.32. The number of nitrogens with one attached hydrogen (secondary N) is 2. The molecule has 4 N–H and O–H groups in total. The second-order valence-electron chi connectivity index (χ2n) is 5.46. The van der Waals surface area contributed by atoms with Crippen LogP contribution in [0.2, 0.25) is 5.15 Å². The van der Waals surface area contributed by atoms with Gasteiger partial charge in [-0.15, -0.1) is 0 Å². The topological polar surface area (TPSA) is 89.3 Å². The van der Waals surface area contributed by atoms with Gasteiger partial charge in [-0.3, -0.25) is 5.43 Å². The fourth-order valence-electron chi connectivity index (χ4n) is 1.75. The largest absolute Gasteiger partial charge is 0.443 e. The van der Waals surface area contributed by atoms with E-state index in [0.717, 1.165) is 5.39 Å². The lowest BCUT2D eigenvalue weighted by molar-refractivity contribution is 0.0541. The molecule has 0 spiro atoms. The van der Waals surface area contributed by atoms with Crippen molar-refractivity contribution < 1.29 is 9.53 Å². The van der Waals surface area contributed by atoms with Crippen molar-refractivity contribution in [2.24, 2.45) is 0 Å². The van der Waals surface area contributed by atoms with Crippen LogP contribution in [-0.2, 0) is 4.74 Å². The Balaban J connectivity index is 2.26. The molecular formula is C14H17ClN4O2. The van der Waals surface area contributed by atoms with Crippen LogP contribution in [0.3, 0.4) is 0 Å². The Morgan fingerprint density at radius 3 is 2.67 bits per heavy atom. The molecule has 0 fully saturated rings. The van der Waals surface area contributed by atoms with Gasteiger partial charge in [-0.05, 0) is 26.8 Å². The van der Waals surface area contributed by atoms with E-state index in [9.17, 15) is 4.79 Å². The minimum absolute atomic E-state index is 0.169. The van der Waals surface area contributed by atoms with Crippen molar-refractivity contribution in [3.05, 3.63) is 29.4 Å². The van der Waals surface area contributed by atoms with Crippen LogP contribution in [0.25, 0.3) is 10.9 Å². The number of hydrogen-bond acceptors (Lipinski definition) is 5. The number of amides is 1. The number of ether oxygens (including phenoxy) is 1. The van der Waals surface area contributed by atoms with Gasteiger partial charge in [0.25, 0.3) is 0 Å². The normalized spacial score (nSPS) is 11.2. The summed E-state index contributed by atoms with van der Waals surface area (Å²) >= 11 is 5.99. The second-order valence-corrected chi connectivity index (χ2v) is 5.82. The molecule has 0 bridgehead atoms. The van der Waals surface area contributed by atoms with Crippen molar-refractivity contribution >= 4 is 40.0 Å². The smallest absolute Gasteiger partial charge is 0.426 e. The molecule has 2 rings (SSSR count). The van der Waals surface area contributed by atoms with Crippen molar-refractivity contribution in [3.63, 3.8) is 0 Å². The average molecular weight is 309 g/mol. The number of pyridine rings is 1. The van der Waals surface area contributed by atoms with Gasteiger partial charge in [0.15, 0.2) is 5.15 Å². The van der Waals surface area contributed by atoms with Crippen LogP contribution < -0.4 is 16.6 Å². The number of hydrazine groups is 1. The molecule has 0 saturated carbocycles. The van der Waals surface area contributed by atoms with Gasteiger partial charge in [0.1, 0.15) is 5.60 Å². The third-order valence-corrected chi connectivity index (χ3v) is 2.86. The number of anilines is 2. The molecular weight excluding hydrogens is 292 g/mol. The first-order valence-corrected chi connectivity index (χ1v) is 6.74. The standard InChI is InChI=1S/C14H17ClN4O2/c1-14(2,3)21-13(20)19-18-11-8-6-4-5-7-9(8)17-12(15)10(11)16/h4-7H,16H2,1-3H3,(H,17,18)(H,19,20). The van der Waals surface area contributed by atoms with Crippen LogP contribution >= 0.6 is 11.6 Å². The first kappa shape index (κ1) is 15.2. The lowest BCUT2D eigenvalue weighted by Crippen LogP contribution is -2.36. The fraction of sp³-hybridized carbons (Fsp3) is 0.286. The molecule has 1 heterocycles. The molecule has 2 aromatic rings. The summed E-state index contributed by atoms with van der Waals surface area (Å²) in [4.78, 5) is 15.9. The summed E-state index contributed by atoms with van der Waals surface area (Å²) in [5, 5.41) is 0.914. The maximum Gasteiger partial charge on any atom is 0.426 e. The molecule has 0 saturated heterocycles. The Morgan fingerprint density at radius 1 is 1.33 bits per heavy atom. The minimum atomic E-state index is -0.612. The van der Waals surface area contributed by atoms with E-state index in [-0.39, 0.29) is 10.8 Å². The quantitative estimate of drug-likeness (QED) is 0.585. The molecule has 0 unspecified atom stereocenters. The Morgan fingerprint density at radius 2 is 2.00 bits per heavy atom. The van der Waals surface area contributed by atoms with Crippen LogP contribution in [0.4, 0.5) is 16.2 Å². The number of nitrogens with two attached hydrogens (primary N) is 1. The summed E-state index contributed by atoms with van der Waals surface area (Å²) in [5.41, 5.74) is 11.9. The lowest BCUT2D eigenvalue weighted by atomic mass is 10.2.